The van der Waals surface area contributed by atoms with E-state index in [9.17, 15) is 14.0 Å². The van der Waals surface area contributed by atoms with Crippen LogP contribution in [0.4, 0.5) is 8.78 Å². The van der Waals surface area contributed by atoms with E-state index in [1.54, 1.807) is 55.6 Å². The number of benzene rings is 2. The molecular formula is C33H32F2N4O4. The number of fused-ring (bicyclic) bond motifs is 1. The summed E-state index contributed by atoms with van der Waals surface area (Å²) in [5.41, 5.74) is 1.07. The minimum atomic E-state index is -0.844. The predicted octanol–water partition coefficient (Wildman–Crippen LogP) is 5.35. The molecule has 0 aliphatic rings. The molecular weight excluding hydrogens is 554 g/mol. The van der Waals surface area contributed by atoms with E-state index >= 15 is 4.39 Å². The van der Waals surface area contributed by atoms with Crippen LogP contribution in [0.5, 0.6) is 5.75 Å². The Balaban J connectivity index is 1.74. The van der Waals surface area contributed by atoms with Crippen molar-refractivity contribution in [2.24, 2.45) is 0 Å². The van der Waals surface area contributed by atoms with Gasteiger partial charge in [0.15, 0.2) is 11.5 Å². The van der Waals surface area contributed by atoms with Crippen LogP contribution in [0.2, 0.25) is 0 Å². The lowest BCUT2D eigenvalue weighted by molar-refractivity contribution is 0.0523. The third kappa shape index (κ3) is 6.19. The van der Waals surface area contributed by atoms with Crippen LogP contribution < -0.4 is 10.3 Å². The van der Waals surface area contributed by atoms with Crippen LogP contribution in [0.15, 0.2) is 83.9 Å². The minimum absolute atomic E-state index is 0.0435. The molecule has 0 aliphatic heterocycles. The molecule has 0 unspecified atom stereocenters. The number of likely N-dealkylation sites (N-methyl/N-ethyl adjacent to an activating group) is 1. The maximum Gasteiger partial charge on any atom is 0.345 e. The lowest BCUT2D eigenvalue weighted by Gasteiger charge is -2.18. The summed E-state index contributed by atoms with van der Waals surface area (Å²) in [6.45, 7) is 2.26. The average Bonchev–Trinajstić information content (AvgIpc) is 3.31. The zero-order valence-electron chi connectivity index (χ0n) is 24.2. The zero-order chi connectivity index (χ0) is 30.5. The number of aromatic nitrogens is 3. The summed E-state index contributed by atoms with van der Waals surface area (Å²) in [5.74, 6) is -1.50. The van der Waals surface area contributed by atoms with Crippen molar-refractivity contribution in [3.05, 3.63) is 124 Å². The highest BCUT2D eigenvalue weighted by Gasteiger charge is 2.28. The Kier molecular flexibility index (Phi) is 8.96. The van der Waals surface area contributed by atoms with Gasteiger partial charge in [-0.1, -0.05) is 36.4 Å². The van der Waals surface area contributed by atoms with E-state index in [1.165, 1.54) is 28.3 Å². The highest BCUT2D eigenvalue weighted by Crippen LogP contribution is 2.34. The van der Waals surface area contributed by atoms with Crippen LogP contribution in [0.25, 0.3) is 16.8 Å². The Morgan fingerprint density at radius 3 is 2.56 bits per heavy atom. The van der Waals surface area contributed by atoms with Crippen molar-refractivity contribution in [2.75, 3.05) is 27.3 Å². The second-order valence-electron chi connectivity index (χ2n) is 10.1. The molecule has 8 nitrogen and oxygen atoms in total. The summed E-state index contributed by atoms with van der Waals surface area (Å²) < 4.78 is 44.7. The third-order valence-corrected chi connectivity index (χ3v) is 7.22. The highest BCUT2D eigenvalue weighted by atomic mass is 19.1. The number of rotatable bonds is 11. The van der Waals surface area contributed by atoms with Crippen molar-refractivity contribution < 1.29 is 23.0 Å². The van der Waals surface area contributed by atoms with Gasteiger partial charge in [0.2, 0.25) is 0 Å². The van der Waals surface area contributed by atoms with Gasteiger partial charge in [0.1, 0.15) is 17.1 Å². The van der Waals surface area contributed by atoms with E-state index < -0.39 is 23.2 Å². The summed E-state index contributed by atoms with van der Waals surface area (Å²) in [4.78, 5) is 33.3. The summed E-state index contributed by atoms with van der Waals surface area (Å²) in [5, 5.41) is 0. The first-order valence-electron chi connectivity index (χ1n) is 13.9. The first-order chi connectivity index (χ1) is 20.8. The van der Waals surface area contributed by atoms with Crippen molar-refractivity contribution in [1.29, 1.82) is 0 Å². The molecule has 0 saturated carbocycles. The van der Waals surface area contributed by atoms with Crippen molar-refractivity contribution in [3.8, 4) is 16.9 Å². The topological polar surface area (TPSA) is 78.1 Å². The van der Waals surface area contributed by atoms with Crippen LogP contribution in [0, 0.1) is 11.6 Å². The highest BCUT2D eigenvalue weighted by molar-refractivity contribution is 5.89. The van der Waals surface area contributed by atoms with Gasteiger partial charge in [-0.15, -0.1) is 0 Å². The zero-order valence-corrected chi connectivity index (χ0v) is 24.2. The van der Waals surface area contributed by atoms with Crippen molar-refractivity contribution >= 4 is 11.6 Å². The number of methoxy groups -OCH3 is 1. The van der Waals surface area contributed by atoms with Crippen LogP contribution >= 0.6 is 0 Å². The van der Waals surface area contributed by atoms with E-state index in [-0.39, 0.29) is 42.0 Å². The first-order valence-corrected chi connectivity index (χ1v) is 13.9. The number of esters is 1. The van der Waals surface area contributed by atoms with E-state index in [0.29, 0.717) is 30.0 Å². The smallest absolute Gasteiger partial charge is 0.345 e. The molecule has 43 heavy (non-hydrogen) atoms. The minimum Gasteiger partial charge on any atom is -0.497 e. The van der Waals surface area contributed by atoms with Gasteiger partial charge >= 0.3 is 5.97 Å². The molecule has 0 aliphatic carbocycles. The van der Waals surface area contributed by atoms with E-state index in [1.807, 2.05) is 30.1 Å². The molecule has 0 spiro atoms. The maximum atomic E-state index is 16.8. The van der Waals surface area contributed by atoms with Gasteiger partial charge < -0.3 is 18.9 Å². The van der Waals surface area contributed by atoms with Gasteiger partial charge in [-0.2, -0.15) is 0 Å². The molecule has 5 aromatic rings. The SMILES string of the molecule is CCOC(=O)c1cn(Cc2ccccc2F)c2c(F)c(-c3cccc(OC)c3)c(CN(C)CCc3ccccn3)n2c1=O. The number of hydrogen-bond donors (Lipinski definition) is 0. The number of carbonyl (C=O) groups is 1. The molecule has 3 aromatic heterocycles. The Hall–Kier alpha value is -4.83. The summed E-state index contributed by atoms with van der Waals surface area (Å²) in [6, 6.07) is 18.7. The lowest BCUT2D eigenvalue weighted by atomic mass is 10.0. The lowest BCUT2D eigenvalue weighted by Crippen LogP contribution is -2.30. The predicted molar refractivity (Wildman–Crippen MR) is 159 cm³/mol. The molecule has 0 N–H and O–H groups in total. The Labute approximate surface area is 247 Å². The first kappa shape index (κ1) is 29.7. The average molecular weight is 587 g/mol. The second kappa shape index (κ2) is 13.0. The molecule has 0 bridgehead atoms. The van der Waals surface area contributed by atoms with Crippen LogP contribution in [0.3, 0.4) is 0 Å². The van der Waals surface area contributed by atoms with Crippen molar-refractivity contribution in [3.63, 3.8) is 0 Å². The Morgan fingerprint density at radius 1 is 1.05 bits per heavy atom. The van der Waals surface area contributed by atoms with Crippen molar-refractivity contribution in [2.45, 2.75) is 26.4 Å². The molecule has 0 amide bonds. The molecule has 2 aromatic carbocycles. The maximum absolute atomic E-state index is 16.8. The quantitative estimate of drug-likeness (QED) is 0.194. The Morgan fingerprint density at radius 2 is 1.84 bits per heavy atom. The number of carbonyl (C=O) groups excluding carboxylic acids is 1. The molecule has 0 saturated heterocycles. The van der Waals surface area contributed by atoms with E-state index in [2.05, 4.69) is 4.98 Å². The summed E-state index contributed by atoms with van der Waals surface area (Å²) >= 11 is 0. The third-order valence-electron chi connectivity index (χ3n) is 7.22. The largest absolute Gasteiger partial charge is 0.497 e. The number of pyridine rings is 1. The molecule has 0 radical (unpaired) electrons. The number of ether oxygens (including phenoxy) is 2. The number of hydrogen-bond acceptors (Lipinski definition) is 6. The fourth-order valence-electron chi connectivity index (χ4n) is 5.13. The van der Waals surface area contributed by atoms with E-state index in [4.69, 9.17) is 9.47 Å². The molecule has 3 heterocycles. The van der Waals surface area contributed by atoms with Gasteiger partial charge in [-0.05, 0) is 49.9 Å². The van der Waals surface area contributed by atoms with E-state index in [0.717, 1.165) is 5.69 Å². The van der Waals surface area contributed by atoms with Crippen molar-refractivity contribution in [1.82, 2.24) is 18.9 Å². The molecule has 0 fully saturated rings. The van der Waals surface area contributed by atoms with Crippen LogP contribution in [0.1, 0.15) is 34.2 Å². The normalized spacial score (nSPS) is 11.3. The second-order valence-corrected chi connectivity index (χ2v) is 10.1. The Bertz CT molecular complexity index is 1820. The van der Waals surface area contributed by atoms with Gasteiger partial charge in [-0.25, -0.2) is 13.6 Å². The monoisotopic (exact) mass is 586 g/mol. The molecule has 0 atom stereocenters. The van der Waals surface area contributed by atoms with Gasteiger partial charge in [0.05, 0.1) is 26.0 Å². The summed E-state index contributed by atoms with van der Waals surface area (Å²) in [6.07, 6.45) is 3.60. The molecule has 10 heteroatoms. The standard InChI is InChI=1S/C33H32F2N4O4/c1-4-43-33(41)26-20-38(19-23-10-5-6-14-27(23)34)31-30(35)29(22-11-9-13-25(18-22)42-3)28(39(31)32(26)40)21-37(2)17-15-24-12-7-8-16-36-24/h5-14,16,18,20H,4,15,17,19,21H2,1-3H3. The van der Waals surface area contributed by atoms with Gasteiger partial charge in [0, 0.05) is 48.7 Å². The number of nitrogens with zero attached hydrogens (tertiary/aromatic N) is 4. The van der Waals surface area contributed by atoms with Crippen LogP contribution in [-0.2, 0) is 24.2 Å². The number of halogens is 2. The van der Waals surface area contributed by atoms with Crippen LogP contribution in [-0.4, -0.2) is 52.1 Å². The molecule has 5 rings (SSSR count). The van der Waals surface area contributed by atoms with Gasteiger partial charge in [-0.3, -0.25) is 14.2 Å². The van der Waals surface area contributed by atoms with Gasteiger partial charge in [0.25, 0.3) is 5.56 Å². The fraction of sp³-hybridized carbons (Fsp3) is 0.242. The fourth-order valence-corrected chi connectivity index (χ4v) is 5.13. The molecule has 222 valence electrons. The summed E-state index contributed by atoms with van der Waals surface area (Å²) in [7, 11) is 3.38.